The first-order valence-electron chi connectivity index (χ1n) is 29.0. The van der Waals surface area contributed by atoms with Gasteiger partial charge in [0, 0.05) is 18.5 Å². The summed E-state index contributed by atoms with van der Waals surface area (Å²) in [5, 5.41) is 20.4. The fraction of sp³-hybridized carbons (Fsp3) is 0.966. The van der Waals surface area contributed by atoms with Gasteiger partial charge in [0.1, 0.15) is 83.6 Å². The van der Waals surface area contributed by atoms with Crippen LogP contribution >= 0.6 is 8.38 Å². The van der Waals surface area contributed by atoms with E-state index >= 15 is 0 Å². The minimum absolute atomic E-state index is 0.00295. The van der Waals surface area contributed by atoms with Gasteiger partial charge in [0.2, 0.25) is 6.54 Å². The largest absolute Gasteiger partial charge is 0.408 e. The summed E-state index contributed by atoms with van der Waals surface area (Å²) in [6, 6.07) is 0. The van der Waals surface area contributed by atoms with Crippen molar-refractivity contribution < 1.29 is 70.8 Å². The number of aliphatic hydroxyl groups excluding tert-OH is 2. The lowest BCUT2D eigenvalue weighted by molar-refractivity contribution is -0.178. The molecule has 18 atom stereocenters. The molecule has 8 fully saturated rings. The van der Waals surface area contributed by atoms with Crippen molar-refractivity contribution in [3.8, 4) is 0 Å². The van der Waals surface area contributed by atoms with E-state index < -0.39 is 48.4 Å². The van der Waals surface area contributed by atoms with E-state index in [2.05, 4.69) is 121 Å². The van der Waals surface area contributed by atoms with Crippen LogP contribution in [0.3, 0.4) is 0 Å². The summed E-state index contributed by atoms with van der Waals surface area (Å²) in [6.07, 6.45) is -0.958. The highest BCUT2D eigenvalue weighted by Crippen LogP contribution is 2.53. The summed E-state index contributed by atoms with van der Waals surface area (Å²) in [4.78, 5) is 14.1. The molecule has 0 spiro atoms. The van der Waals surface area contributed by atoms with Crippen molar-refractivity contribution in [1.82, 2.24) is 0 Å². The average Bonchev–Trinajstić information content (AvgIpc) is 4.19. The number of ether oxygens (including phenoxy) is 8. The number of Topliss-reactive ketones (excluding diaryl/α,β-unsaturated/α-hetero) is 1. The lowest BCUT2D eigenvalue weighted by Crippen LogP contribution is -2.55. The minimum atomic E-state index is -1.91. The van der Waals surface area contributed by atoms with Crippen LogP contribution in [0.25, 0.3) is 4.85 Å². The van der Waals surface area contributed by atoms with E-state index in [9.17, 15) is 15.0 Å². The SMILES string of the molecule is CC(C)C(=O)C(C)C.CC(C)[C@@]12CO[C@@H]([C@H](C)O1)[C@@H]2O.CC(C)[C@@]12CO[C@@H]([C@H](C)O1)[C@H]2O[Si](C)(C)C(C)(C)C.CC(O)[C@@]12CO[C@@H]([C@H](C)O1)[C@H]2O[Si](C)(C)C(C)(C)C.[C-]#[N+]CCOP(C)O[C@H]1[C@H]2OC[C@]1(C(C)C)O[C@H]2C. The second-order valence-electron chi connectivity index (χ2n) is 27.8. The second-order valence-corrected chi connectivity index (χ2v) is 38.7. The number of aliphatic hydroxyl groups is 2. The molecule has 2 N–H and O–H groups in total. The number of fused-ring (bicyclic) bond motifs is 8. The van der Waals surface area contributed by atoms with Gasteiger partial charge in [-0.15, -0.1) is 0 Å². The Labute approximate surface area is 470 Å². The van der Waals surface area contributed by atoms with E-state index in [0.717, 1.165) is 0 Å². The molecule has 2 unspecified atom stereocenters. The van der Waals surface area contributed by atoms with E-state index in [-0.39, 0.29) is 100 Å². The maximum absolute atomic E-state index is 10.8. The summed E-state index contributed by atoms with van der Waals surface area (Å²) in [6.45, 7) is 64.7. The maximum atomic E-state index is 10.8. The molecule has 0 aromatic rings. The molecule has 0 saturated carbocycles. The molecule has 0 aliphatic carbocycles. The molecule has 8 aliphatic rings. The number of carbonyl (C=O) groups excluding carboxylic acids is 1. The topological polar surface area (TPSA) is 173 Å². The van der Waals surface area contributed by atoms with Gasteiger partial charge >= 0.3 is 0 Å². The first-order chi connectivity index (χ1) is 35.2. The van der Waals surface area contributed by atoms with Crippen molar-refractivity contribution in [2.45, 2.75) is 283 Å². The van der Waals surface area contributed by atoms with Crippen LogP contribution in [0.2, 0.25) is 36.3 Å². The summed E-state index contributed by atoms with van der Waals surface area (Å²) in [5.41, 5.74) is -1.69. The molecule has 0 aromatic heterocycles. The van der Waals surface area contributed by atoms with E-state index in [4.69, 9.17) is 62.4 Å². The van der Waals surface area contributed by atoms with Gasteiger partial charge in [-0.25, -0.2) is 6.57 Å². The van der Waals surface area contributed by atoms with Gasteiger partial charge in [0.15, 0.2) is 25.0 Å². The molecule has 8 rings (SSSR count). The Kier molecular flexibility index (Phi) is 23.4. The monoisotopic (exact) mass is 1150 g/mol. The van der Waals surface area contributed by atoms with Gasteiger partial charge in [-0.05, 0) is 88.6 Å². The third-order valence-corrected chi connectivity index (χ3v) is 28.6. The lowest BCUT2D eigenvalue weighted by Gasteiger charge is -2.42. The highest BCUT2D eigenvalue weighted by Gasteiger charge is 2.67. The molecule has 0 amide bonds. The van der Waals surface area contributed by atoms with Crippen LogP contribution in [-0.4, -0.2) is 181 Å². The van der Waals surface area contributed by atoms with Crippen LogP contribution in [-0.2, 0) is 60.6 Å². The van der Waals surface area contributed by atoms with Crippen LogP contribution in [0.4, 0.5) is 0 Å². The van der Waals surface area contributed by atoms with Crippen molar-refractivity contribution in [3.05, 3.63) is 11.4 Å². The van der Waals surface area contributed by atoms with Gasteiger partial charge < -0.3 is 70.9 Å². The number of carbonyl (C=O) groups is 1. The summed E-state index contributed by atoms with van der Waals surface area (Å²) in [5.74, 6) is 1.81. The fourth-order valence-electron chi connectivity index (χ4n) is 11.2. The summed E-state index contributed by atoms with van der Waals surface area (Å²) in [7, 11) is -4.70. The molecular formula is C58H110NO15PSi2. The van der Waals surface area contributed by atoms with Gasteiger partial charge in [-0.1, -0.05) is 111 Å². The Morgan fingerprint density at radius 3 is 1.22 bits per heavy atom. The fourth-order valence-corrected chi connectivity index (χ4v) is 14.9. The molecule has 19 heteroatoms. The van der Waals surface area contributed by atoms with Crippen molar-refractivity contribution in [3.63, 3.8) is 0 Å². The van der Waals surface area contributed by atoms with E-state index in [0.29, 0.717) is 63.1 Å². The molecule has 450 valence electrons. The number of rotatable bonds is 15. The van der Waals surface area contributed by atoms with Gasteiger partial charge in [0.05, 0.1) is 56.9 Å². The summed E-state index contributed by atoms with van der Waals surface area (Å²) < 4.78 is 72.0. The van der Waals surface area contributed by atoms with Gasteiger partial charge in [-0.2, -0.15) is 0 Å². The molecule has 8 heterocycles. The molecule has 0 radical (unpaired) electrons. The maximum Gasteiger partial charge on any atom is 0.238 e. The zero-order valence-electron chi connectivity index (χ0n) is 52.7. The van der Waals surface area contributed by atoms with Gasteiger partial charge in [0.25, 0.3) is 0 Å². The smallest absolute Gasteiger partial charge is 0.238 e. The number of ketones is 1. The molecule has 8 aliphatic heterocycles. The third-order valence-electron chi connectivity index (χ3n) is 18.6. The standard InChI is InChI=1S/C15H30O3Si.C14H28O4Si.C13H22NO4P.C9H16O3.C7H14O/c1-10(2)15-9-16-12(11(3)17-15)13(15)18-19(7,8)14(4,5)6;1-9-11-12(18-19(6,7)13(3,4)5)14(17-9,8-16-11)10(2)15;1-9(2)13-8-15-11(10(3)17-13)12(13)18-19(5)16-7-6-14-4;1-5(2)9-4-11-7(8(9)10)6(3)12-9;1-5(2)7(8)6(3)4/h10-13H,9H2,1-8H3;9-12,15H,8H2,1-7H3;9-12H,6-8H2,1-3,5H3;5-8,10H,4H2,1-3H3;5-6H,1-4H3/t11-,12-,13+,15+;9-,10?,11-,12+,14+;10-,11-,12-,13+,19?;6-,7-,8-,9+;/m0000./s1. The lowest BCUT2D eigenvalue weighted by atomic mass is 9.87. The first-order valence-corrected chi connectivity index (χ1v) is 36.4. The molecular weight excluding hydrogens is 1040 g/mol. The normalized spacial score (nSPS) is 38.5. The van der Waals surface area contributed by atoms with Crippen LogP contribution in [0.1, 0.15) is 145 Å². The Bertz CT molecular complexity index is 1860. The van der Waals surface area contributed by atoms with Crippen molar-refractivity contribution >= 4 is 30.8 Å². The molecule has 8 bridgehead atoms. The van der Waals surface area contributed by atoms with Crippen LogP contribution in [0.5, 0.6) is 0 Å². The molecule has 77 heavy (non-hydrogen) atoms. The van der Waals surface area contributed by atoms with E-state index in [1.807, 2.05) is 55.1 Å². The second kappa shape index (κ2) is 26.2. The zero-order chi connectivity index (χ0) is 59.0. The Balaban J connectivity index is 0.000000214. The molecule has 16 nitrogen and oxygen atoms in total. The number of hydrogen-bond donors (Lipinski definition) is 2. The average molecular weight is 1150 g/mol. The number of hydrogen-bond acceptors (Lipinski definition) is 15. The van der Waals surface area contributed by atoms with E-state index in [1.165, 1.54) is 0 Å². The van der Waals surface area contributed by atoms with Crippen molar-refractivity contribution in [1.29, 1.82) is 0 Å². The van der Waals surface area contributed by atoms with Crippen LogP contribution in [0, 0.1) is 36.2 Å². The van der Waals surface area contributed by atoms with Gasteiger partial charge in [-0.3, -0.25) is 4.79 Å². The van der Waals surface area contributed by atoms with Crippen molar-refractivity contribution in [2.24, 2.45) is 29.6 Å². The highest BCUT2D eigenvalue weighted by molar-refractivity contribution is 7.46. The minimum Gasteiger partial charge on any atom is -0.408 e. The highest BCUT2D eigenvalue weighted by atomic mass is 31.2. The Morgan fingerprint density at radius 1 is 0.597 bits per heavy atom. The quantitative estimate of drug-likeness (QED) is 0.0686. The zero-order valence-corrected chi connectivity index (χ0v) is 55.6. The predicted octanol–water partition coefficient (Wildman–Crippen LogP) is 10.8. The first kappa shape index (κ1) is 69.0. The molecule has 8 saturated heterocycles. The predicted molar refractivity (Wildman–Crippen MR) is 308 cm³/mol. The van der Waals surface area contributed by atoms with Crippen molar-refractivity contribution in [2.75, 3.05) is 46.2 Å². The third kappa shape index (κ3) is 14.4. The number of nitrogens with zero attached hydrogens (tertiary/aromatic N) is 1. The Hall–Kier alpha value is -0.536. The van der Waals surface area contributed by atoms with E-state index in [1.54, 1.807) is 6.92 Å². The Morgan fingerprint density at radius 2 is 0.922 bits per heavy atom. The summed E-state index contributed by atoms with van der Waals surface area (Å²) >= 11 is 0. The van der Waals surface area contributed by atoms with Crippen LogP contribution in [0.15, 0.2) is 0 Å². The van der Waals surface area contributed by atoms with Crippen LogP contribution < -0.4 is 0 Å². The molecule has 0 aromatic carbocycles.